The summed E-state index contributed by atoms with van der Waals surface area (Å²) >= 11 is 1.83. The summed E-state index contributed by atoms with van der Waals surface area (Å²) in [5.41, 5.74) is 2.61. The van der Waals surface area contributed by atoms with Crippen molar-refractivity contribution >= 4 is 17.7 Å². The van der Waals surface area contributed by atoms with Gasteiger partial charge in [0.2, 0.25) is 0 Å². The van der Waals surface area contributed by atoms with E-state index in [-0.39, 0.29) is 0 Å². The lowest BCUT2D eigenvalue weighted by molar-refractivity contribution is 0.829. The van der Waals surface area contributed by atoms with Crippen LogP contribution < -0.4 is 10.6 Å². The fourth-order valence-corrected chi connectivity index (χ4v) is 1.79. The van der Waals surface area contributed by atoms with Crippen molar-refractivity contribution < 1.29 is 0 Å². The minimum atomic E-state index is 0.811. The average Bonchev–Trinajstić information content (AvgIpc) is 2.35. The molecule has 0 saturated carbocycles. The van der Waals surface area contributed by atoms with Gasteiger partial charge in [-0.2, -0.15) is 11.8 Å². The molecule has 0 aromatic heterocycles. The number of nitrogens with zero attached hydrogens (tertiary/aromatic N) is 1. The van der Waals surface area contributed by atoms with Gasteiger partial charge in [0.05, 0.1) is 0 Å². The first kappa shape index (κ1) is 13.9. The standard InChI is InChI=1S/C13H21N3S/c1-11-6-4-5-7-12(11)10-16-13(14-2)15-8-9-17-3/h4-7H,8-10H2,1-3H3,(H2,14,15,16). The van der Waals surface area contributed by atoms with E-state index in [4.69, 9.17) is 0 Å². The molecule has 3 nitrogen and oxygen atoms in total. The van der Waals surface area contributed by atoms with Crippen molar-refractivity contribution in [1.29, 1.82) is 0 Å². The lowest BCUT2D eigenvalue weighted by atomic mass is 10.1. The zero-order valence-corrected chi connectivity index (χ0v) is 11.6. The number of aryl methyl sites for hydroxylation is 1. The predicted molar refractivity (Wildman–Crippen MR) is 77.8 cm³/mol. The molecule has 1 aromatic carbocycles. The first-order valence-corrected chi connectivity index (χ1v) is 7.15. The van der Waals surface area contributed by atoms with Crippen LogP contribution in [0.1, 0.15) is 11.1 Å². The summed E-state index contributed by atoms with van der Waals surface area (Å²) < 4.78 is 0. The summed E-state index contributed by atoms with van der Waals surface area (Å²) in [7, 11) is 1.80. The van der Waals surface area contributed by atoms with Crippen LogP contribution >= 0.6 is 11.8 Å². The molecule has 1 rings (SSSR count). The molecule has 94 valence electrons. The van der Waals surface area contributed by atoms with Crippen LogP contribution in [0.15, 0.2) is 29.3 Å². The maximum Gasteiger partial charge on any atom is 0.191 e. The summed E-state index contributed by atoms with van der Waals surface area (Å²) in [4.78, 5) is 4.19. The minimum absolute atomic E-state index is 0.811. The Balaban J connectivity index is 2.40. The van der Waals surface area contributed by atoms with Crippen LogP contribution in [0.2, 0.25) is 0 Å². The smallest absolute Gasteiger partial charge is 0.191 e. The number of hydrogen-bond acceptors (Lipinski definition) is 2. The Morgan fingerprint density at radius 1 is 1.29 bits per heavy atom. The van der Waals surface area contributed by atoms with Crippen molar-refractivity contribution in [3.63, 3.8) is 0 Å². The van der Waals surface area contributed by atoms with Crippen LogP contribution in [-0.4, -0.2) is 31.6 Å². The molecule has 0 saturated heterocycles. The molecule has 0 aliphatic carbocycles. The Labute approximate surface area is 108 Å². The average molecular weight is 251 g/mol. The van der Waals surface area contributed by atoms with Gasteiger partial charge >= 0.3 is 0 Å². The third-order valence-electron chi connectivity index (χ3n) is 2.53. The van der Waals surface area contributed by atoms with Crippen LogP contribution in [0.4, 0.5) is 0 Å². The van der Waals surface area contributed by atoms with Gasteiger partial charge < -0.3 is 10.6 Å². The number of thioether (sulfide) groups is 1. The number of benzene rings is 1. The van der Waals surface area contributed by atoms with E-state index in [0.717, 1.165) is 24.8 Å². The highest BCUT2D eigenvalue weighted by molar-refractivity contribution is 7.98. The van der Waals surface area contributed by atoms with Gasteiger partial charge in [0.1, 0.15) is 0 Å². The van der Waals surface area contributed by atoms with E-state index < -0.39 is 0 Å². The molecule has 0 heterocycles. The Bertz CT molecular complexity index is 363. The molecule has 4 heteroatoms. The van der Waals surface area contributed by atoms with Gasteiger partial charge in [0.25, 0.3) is 0 Å². The molecule has 0 bridgehead atoms. The zero-order valence-electron chi connectivity index (χ0n) is 10.8. The molecule has 0 aliphatic rings. The van der Waals surface area contributed by atoms with Crippen LogP contribution in [0, 0.1) is 6.92 Å². The summed E-state index contributed by atoms with van der Waals surface area (Å²) in [6.07, 6.45) is 2.10. The van der Waals surface area contributed by atoms with Crippen molar-refractivity contribution in [2.75, 3.05) is 25.6 Å². The van der Waals surface area contributed by atoms with Crippen LogP contribution in [0.5, 0.6) is 0 Å². The second kappa shape index (κ2) is 8.01. The summed E-state index contributed by atoms with van der Waals surface area (Å²) in [6.45, 7) is 3.88. The molecular formula is C13H21N3S. The zero-order chi connectivity index (χ0) is 12.5. The molecule has 2 N–H and O–H groups in total. The van der Waals surface area contributed by atoms with E-state index in [1.165, 1.54) is 11.1 Å². The molecule has 0 atom stereocenters. The van der Waals surface area contributed by atoms with Gasteiger partial charge in [-0.3, -0.25) is 4.99 Å². The Kier molecular flexibility index (Phi) is 6.55. The van der Waals surface area contributed by atoms with Crippen LogP contribution in [0.25, 0.3) is 0 Å². The lowest BCUT2D eigenvalue weighted by Gasteiger charge is -2.12. The monoisotopic (exact) mass is 251 g/mol. The first-order valence-electron chi connectivity index (χ1n) is 5.76. The van der Waals surface area contributed by atoms with E-state index in [1.54, 1.807) is 7.05 Å². The van der Waals surface area contributed by atoms with Crippen molar-refractivity contribution in [3.05, 3.63) is 35.4 Å². The normalized spacial score (nSPS) is 11.4. The molecule has 0 aliphatic heterocycles. The SMILES string of the molecule is CN=C(NCCSC)NCc1ccccc1C. The minimum Gasteiger partial charge on any atom is -0.356 e. The predicted octanol–water partition coefficient (Wildman–Crippen LogP) is 2.02. The summed E-state index contributed by atoms with van der Waals surface area (Å²) in [5.74, 6) is 1.95. The molecule has 0 spiro atoms. The molecule has 0 amide bonds. The van der Waals surface area contributed by atoms with Gasteiger partial charge in [-0.15, -0.1) is 0 Å². The van der Waals surface area contributed by atoms with E-state index >= 15 is 0 Å². The van der Waals surface area contributed by atoms with Crippen molar-refractivity contribution in [2.45, 2.75) is 13.5 Å². The highest BCUT2D eigenvalue weighted by atomic mass is 32.2. The van der Waals surface area contributed by atoms with Crippen LogP contribution in [0.3, 0.4) is 0 Å². The fourth-order valence-electron chi connectivity index (χ4n) is 1.48. The molecular weight excluding hydrogens is 230 g/mol. The van der Waals surface area contributed by atoms with Crippen molar-refractivity contribution in [2.24, 2.45) is 4.99 Å². The molecule has 17 heavy (non-hydrogen) atoms. The maximum atomic E-state index is 4.19. The van der Waals surface area contributed by atoms with Crippen LogP contribution in [-0.2, 0) is 6.54 Å². The third-order valence-corrected chi connectivity index (χ3v) is 3.14. The van der Waals surface area contributed by atoms with Crippen molar-refractivity contribution in [1.82, 2.24) is 10.6 Å². The number of aliphatic imine (C=N–C) groups is 1. The third kappa shape index (κ3) is 5.13. The van der Waals surface area contributed by atoms with E-state index in [0.29, 0.717) is 0 Å². The number of rotatable bonds is 5. The van der Waals surface area contributed by atoms with Gasteiger partial charge in [0, 0.05) is 25.9 Å². The summed E-state index contributed by atoms with van der Waals surface area (Å²) in [6, 6.07) is 8.39. The van der Waals surface area contributed by atoms with E-state index in [9.17, 15) is 0 Å². The second-order valence-electron chi connectivity index (χ2n) is 3.77. The topological polar surface area (TPSA) is 36.4 Å². The first-order chi connectivity index (χ1) is 8.27. The van der Waals surface area contributed by atoms with Gasteiger partial charge in [0.15, 0.2) is 5.96 Å². The number of hydrogen-bond donors (Lipinski definition) is 2. The Hall–Kier alpha value is -1.16. The molecule has 1 aromatic rings. The number of guanidine groups is 1. The highest BCUT2D eigenvalue weighted by Crippen LogP contribution is 2.05. The van der Waals surface area contributed by atoms with Gasteiger partial charge in [-0.05, 0) is 24.3 Å². The summed E-state index contributed by atoms with van der Waals surface area (Å²) in [5, 5.41) is 6.59. The second-order valence-corrected chi connectivity index (χ2v) is 4.76. The Morgan fingerprint density at radius 3 is 2.71 bits per heavy atom. The van der Waals surface area contributed by atoms with Crippen molar-refractivity contribution in [3.8, 4) is 0 Å². The van der Waals surface area contributed by atoms with Gasteiger partial charge in [-0.25, -0.2) is 0 Å². The van der Waals surface area contributed by atoms with E-state index in [2.05, 4.69) is 53.1 Å². The Morgan fingerprint density at radius 2 is 2.06 bits per heavy atom. The molecule has 0 fully saturated rings. The van der Waals surface area contributed by atoms with E-state index in [1.807, 2.05) is 11.8 Å². The highest BCUT2D eigenvalue weighted by Gasteiger charge is 1.99. The fraction of sp³-hybridized carbons (Fsp3) is 0.462. The quantitative estimate of drug-likeness (QED) is 0.477. The molecule has 0 radical (unpaired) electrons. The largest absolute Gasteiger partial charge is 0.356 e. The maximum absolute atomic E-state index is 4.19. The number of nitrogens with one attached hydrogen (secondary N) is 2. The van der Waals surface area contributed by atoms with Gasteiger partial charge in [-0.1, -0.05) is 24.3 Å². The lowest BCUT2D eigenvalue weighted by Crippen LogP contribution is -2.38. The molecule has 0 unspecified atom stereocenters.